The first kappa shape index (κ1) is 13.3. The van der Waals surface area contributed by atoms with Crippen molar-refractivity contribution in [3.05, 3.63) is 0 Å². The topological polar surface area (TPSA) is 43.9 Å². The molecule has 2 heterocycles. The molecule has 102 valence electrons. The molecule has 2 aliphatic heterocycles. The molecule has 0 N–H and O–H groups in total. The predicted molar refractivity (Wildman–Crippen MR) is 69.1 cm³/mol. The first-order valence-corrected chi connectivity index (χ1v) is 6.92. The van der Waals surface area contributed by atoms with E-state index in [0.717, 1.165) is 52.1 Å². The summed E-state index contributed by atoms with van der Waals surface area (Å²) in [6.07, 6.45) is 1.78. The summed E-state index contributed by atoms with van der Waals surface area (Å²) < 4.78 is 0. The largest absolute Gasteiger partial charge is 0.338 e. The van der Waals surface area contributed by atoms with Crippen molar-refractivity contribution in [2.24, 2.45) is 0 Å². The number of nitrogens with zero attached hydrogens (tertiary/aromatic N) is 3. The normalized spacial score (nSPS) is 25.6. The fourth-order valence-corrected chi connectivity index (χ4v) is 2.90. The highest BCUT2D eigenvalue weighted by Crippen LogP contribution is 2.20. The van der Waals surface area contributed by atoms with Crippen LogP contribution in [0.15, 0.2) is 0 Å². The molecule has 2 amide bonds. The summed E-state index contributed by atoms with van der Waals surface area (Å²) in [6.45, 7) is 8.99. The third-order valence-corrected chi connectivity index (χ3v) is 4.07. The molecule has 2 rings (SSSR count). The molecule has 1 atom stereocenters. The Bertz CT molecular complexity index is 324. The van der Waals surface area contributed by atoms with E-state index < -0.39 is 0 Å². The van der Waals surface area contributed by atoms with E-state index in [-0.39, 0.29) is 17.9 Å². The summed E-state index contributed by atoms with van der Waals surface area (Å²) in [4.78, 5) is 29.9. The Morgan fingerprint density at radius 1 is 1.11 bits per heavy atom. The number of likely N-dealkylation sites (N-methyl/N-ethyl adjacent to an activating group) is 1. The average molecular weight is 253 g/mol. The maximum Gasteiger partial charge on any atom is 0.245 e. The van der Waals surface area contributed by atoms with Gasteiger partial charge in [-0.2, -0.15) is 0 Å². The van der Waals surface area contributed by atoms with E-state index in [9.17, 15) is 9.59 Å². The first-order chi connectivity index (χ1) is 8.63. The predicted octanol–water partition coefficient (Wildman–Crippen LogP) is 0.161. The van der Waals surface area contributed by atoms with Crippen LogP contribution in [0.5, 0.6) is 0 Å². The zero-order chi connectivity index (χ0) is 13.1. The van der Waals surface area contributed by atoms with Gasteiger partial charge < -0.3 is 14.7 Å². The minimum absolute atomic E-state index is 0.0260. The number of amides is 2. The van der Waals surface area contributed by atoms with Crippen LogP contribution in [-0.4, -0.2) is 71.8 Å². The van der Waals surface area contributed by atoms with Gasteiger partial charge in [-0.05, 0) is 19.4 Å². The van der Waals surface area contributed by atoms with Crippen molar-refractivity contribution in [2.75, 3.05) is 39.3 Å². The van der Waals surface area contributed by atoms with Gasteiger partial charge in [0.25, 0.3) is 0 Å². The summed E-state index contributed by atoms with van der Waals surface area (Å²) in [5, 5.41) is 0. The van der Waals surface area contributed by atoms with Gasteiger partial charge in [0, 0.05) is 39.6 Å². The van der Waals surface area contributed by atoms with Crippen molar-refractivity contribution in [1.82, 2.24) is 14.7 Å². The van der Waals surface area contributed by atoms with Crippen LogP contribution in [0.25, 0.3) is 0 Å². The Balaban J connectivity index is 1.93. The molecule has 0 aromatic rings. The van der Waals surface area contributed by atoms with Crippen LogP contribution in [0.3, 0.4) is 0 Å². The average Bonchev–Trinajstić information content (AvgIpc) is 2.87. The molecule has 2 aliphatic rings. The fourth-order valence-electron chi connectivity index (χ4n) is 2.90. The van der Waals surface area contributed by atoms with Gasteiger partial charge in [-0.3, -0.25) is 9.59 Å². The Morgan fingerprint density at radius 3 is 2.33 bits per heavy atom. The van der Waals surface area contributed by atoms with Crippen LogP contribution in [-0.2, 0) is 9.59 Å². The third kappa shape index (κ3) is 2.66. The SMILES string of the molecule is CCN1CCN(C(=O)[C@@H]2CCCN2C(C)=O)CC1. The number of carbonyl (C=O) groups is 2. The number of rotatable bonds is 2. The van der Waals surface area contributed by atoms with E-state index >= 15 is 0 Å². The second kappa shape index (κ2) is 5.69. The van der Waals surface area contributed by atoms with Crippen molar-refractivity contribution in [2.45, 2.75) is 32.7 Å². The molecule has 0 aromatic carbocycles. The van der Waals surface area contributed by atoms with E-state index in [1.54, 1.807) is 11.8 Å². The second-order valence-corrected chi connectivity index (χ2v) is 5.13. The van der Waals surface area contributed by atoms with Crippen molar-refractivity contribution < 1.29 is 9.59 Å². The molecule has 0 bridgehead atoms. The van der Waals surface area contributed by atoms with E-state index in [1.807, 2.05) is 4.90 Å². The minimum atomic E-state index is -0.198. The van der Waals surface area contributed by atoms with Crippen LogP contribution in [0, 0.1) is 0 Å². The number of carbonyl (C=O) groups excluding carboxylic acids is 2. The van der Waals surface area contributed by atoms with Crippen molar-refractivity contribution in [3.8, 4) is 0 Å². The number of likely N-dealkylation sites (tertiary alicyclic amines) is 1. The zero-order valence-electron chi connectivity index (χ0n) is 11.4. The highest BCUT2D eigenvalue weighted by atomic mass is 16.2. The monoisotopic (exact) mass is 253 g/mol. The maximum atomic E-state index is 12.4. The molecule has 5 nitrogen and oxygen atoms in total. The molecule has 0 spiro atoms. The van der Waals surface area contributed by atoms with E-state index in [2.05, 4.69) is 11.8 Å². The summed E-state index contributed by atoms with van der Waals surface area (Å²) in [5.74, 6) is 0.177. The van der Waals surface area contributed by atoms with Gasteiger partial charge in [0.05, 0.1) is 0 Å². The highest BCUT2D eigenvalue weighted by molar-refractivity contribution is 5.87. The maximum absolute atomic E-state index is 12.4. The van der Waals surface area contributed by atoms with Crippen molar-refractivity contribution >= 4 is 11.8 Å². The van der Waals surface area contributed by atoms with E-state index in [4.69, 9.17) is 0 Å². The Morgan fingerprint density at radius 2 is 1.78 bits per heavy atom. The van der Waals surface area contributed by atoms with Crippen LogP contribution < -0.4 is 0 Å². The lowest BCUT2D eigenvalue weighted by molar-refractivity contribution is -0.144. The quantitative estimate of drug-likeness (QED) is 0.704. The second-order valence-electron chi connectivity index (χ2n) is 5.13. The summed E-state index contributed by atoms with van der Waals surface area (Å²) in [7, 11) is 0. The molecule has 0 aliphatic carbocycles. The number of piperazine rings is 1. The van der Waals surface area contributed by atoms with Gasteiger partial charge in [0.1, 0.15) is 6.04 Å². The molecule has 2 saturated heterocycles. The van der Waals surface area contributed by atoms with Gasteiger partial charge in [-0.25, -0.2) is 0 Å². The molecule has 5 heteroatoms. The van der Waals surface area contributed by atoms with Gasteiger partial charge >= 0.3 is 0 Å². The molecule has 2 fully saturated rings. The van der Waals surface area contributed by atoms with Gasteiger partial charge in [-0.15, -0.1) is 0 Å². The van der Waals surface area contributed by atoms with Crippen LogP contribution in [0.1, 0.15) is 26.7 Å². The fraction of sp³-hybridized carbons (Fsp3) is 0.846. The lowest BCUT2D eigenvalue weighted by Gasteiger charge is -2.36. The van der Waals surface area contributed by atoms with E-state index in [0.29, 0.717) is 0 Å². The molecule has 0 radical (unpaired) electrons. The summed E-state index contributed by atoms with van der Waals surface area (Å²) in [5.41, 5.74) is 0. The van der Waals surface area contributed by atoms with Crippen molar-refractivity contribution in [1.29, 1.82) is 0 Å². The molecule has 0 saturated carbocycles. The molecule has 18 heavy (non-hydrogen) atoms. The Hall–Kier alpha value is -1.10. The lowest BCUT2D eigenvalue weighted by Crippen LogP contribution is -2.54. The highest BCUT2D eigenvalue weighted by Gasteiger charge is 2.35. The zero-order valence-corrected chi connectivity index (χ0v) is 11.4. The summed E-state index contributed by atoms with van der Waals surface area (Å²) >= 11 is 0. The van der Waals surface area contributed by atoms with Crippen LogP contribution in [0.2, 0.25) is 0 Å². The van der Waals surface area contributed by atoms with Gasteiger partial charge in [0.2, 0.25) is 11.8 Å². The van der Waals surface area contributed by atoms with E-state index in [1.165, 1.54) is 0 Å². The first-order valence-electron chi connectivity index (χ1n) is 6.92. The standard InChI is InChI=1S/C13H23N3O2/c1-3-14-7-9-15(10-8-14)13(18)12-5-4-6-16(12)11(2)17/h12H,3-10H2,1-2H3/t12-/m0/s1. The number of hydrogen-bond acceptors (Lipinski definition) is 3. The smallest absolute Gasteiger partial charge is 0.245 e. The molecular weight excluding hydrogens is 230 g/mol. The van der Waals surface area contributed by atoms with Crippen LogP contribution >= 0.6 is 0 Å². The molecular formula is C13H23N3O2. The Labute approximate surface area is 109 Å². The molecule has 0 aromatic heterocycles. The number of hydrogen-bond donors (Lipinski definition) is 0. The van der Waals surface area contributed by atoms with Gasteiger partial charge in [0.15, 0.2) is 0 Å². The van der Waals surface area contributed by atoms with Crippen molar-refractivity contribution in [3.63, 3.8) is 0 Å². The summed E-state index contributed by atoms with van der Waals surface area (Å²) in [6, 6.07) is -0.198. The van der Waals surface area contributed by atoms with Crippen LogP contribution in [0.4, 0.5) is 0 Å². The lowest BCUT2D eigenvalue weighted by atomic mass is 10.1. The Kier molecular flexibility index (Phi) is 4.22. The molecule has 0 unspecified atom stereocenters. The minimum Gasteiger partial charge on any atom is -0.338 e. The third-order valence-electron chi connectivity index (χ3n) is 4.07. The van der Waals surface area contributed by atoms with Gasteiger partial charge in [-0.1, -0.05) is 6.92 Å².